The van der Waals surface area contributed by atoms with Crippen LogP contribution in [0.3, 0.4) is 0 Å². The van der Waals surface area contributed by atoms with Gasteiger partial charge in [-0.25, -0.2) is 5.01 Å². The first-order valence-electron chi connectivity index (χ1n) is 7.21. The smallest absolute Gasteiger partial charge is 0.125 e. The van der Waals surface area contributed by atoms with Gasteiger partial charge in [-0.05, 0) is 18.1 Å². The molecule has 1 saturated heterocycles. The highest BCUT2D eigenvalue weighted by Crippen LogP contribution is 2.37. The molecule has 0 bridgehead atoms. The van der Waals surface area contributed by atoms with Crippen LogP contribution >= 0.6 is 0 Å². The second-order valence-corrected chi connectivity index (χ2v) is 5.45. The van der Waals surface area contributed by atoms with Gasteiger partial charge < -0.3 is 19.8 Å². The highest BCUT2D eigenvalue weighted by Gasteiger charge is 2.32. The van der Waals surface area contributed by atoms with Gasteiger partial charge in [-0.1, -0.05) is 6.07 Å². The van der Waals surface area contributed by atoms with Crippen molar-refractivity contribution in [2.24, 2.45) is 5.92 Å². The number of methoxy groups -OCH3 is 2. The molecule has 1 aromatic rings. The summed E-state index contributed by atoms with van der Waals surface area (Å²) in [5.74, 6) is 1.74. The number of fused-ring (bicyclic) bond motifs is 1. The first kappa shape index (κ1) is 13.7. The van der Waals surface area contributed by atoms with Gasteiger partial charge in [-0.15, -0.1) is 0 Å². The molecule has 3 rings (SSSR count). The molecule has 2 aliphatic heterocycles. The van der Waals surface area contributed by atoms with Crippen LogP contribution in [0.25, 0.3) is 0 Å². The van der Waals surface area contributed by atoms with Crippen molar-refractivity contribution in [2.75, 3.05) is 52.0 Å². The molecule has 1 aromatic carbocycles. The Balaban J connectivity index is 1.81. The predicted molar refractivity (Wildman–Crippen MR) is 79.0 cm³/mol. The van der Waals surface area contributed by atoms with Gasteiger partial charge in [-0.3, -0.25) is 0 Å². The van der Waals surface area contributed by atoms with Gasteiger partial charge in [0.2, 0.25) is 0 Å². The SMILES string of the molecule is COCCN1c2cccc(OC)c2CN1CC1CNC1. The number of rotatable bonds is 6. The van der Waals surface area contributed by atoms with Crippen LogP contribution in [0.15, 0.2) is 18.2 Å². The maximum atomic E-state index is 5.51. The zero-order valence-corrected chi connectivity index (χ0v) is 12.3. The summed E-state index contributed by atoms with van der Waals surface area (Å²) in [6.07, 6.45) is 0. The first-order valence-corrected chi connectivity index (χ1v) is 7.21. The summed E-state index contributed by atoms with van der Waals surface area (Å²) in [6.45, 7) is 5.89. The minimum atomic E-state index is 0.732. The molecule has 0 unspecified atom stereocenters. The van der Waals surface area contributed by atoms with Gasteiger partial charge >= 0.3 is 0 Å². The van der Waals surface area contributed by atoms with Crippen LogP contribution < -0.4 is 15.1 Å². The van der Waals surface area contributed by atoms with E-state index in [1.165, 1.54) is 11.3 Å². The number of nitrogens with zero attached hydrogens (tertiary/aromatic N) is 2. The van der Waals surface area contributed by atoms with E-state index >= 15 is 0 Å². The molecule has 0 saturated carbocycles. The quantitative estimate of drug-likeness (QED) is 0.842. The first-order chi connectivity index (χ1) is 9.83. The molecule has 2 heterocycles. The molecule has 110 valence electrons. The fraction of sp³-hybridized carbons (Fsp3) is 0.600. The molecule has 1 fully saturated rings. The van der Waals surface area contributed by atoms with Gasteiger partial charge in [0.1, 0.15) is 5.75 Å². The minimum Gasteiger partial charge on any atom is -0.496 e. The third-order valence-electron chi connectivity index (χ3n) is 4.13. The maximum absolute atomic E-state index is 5.51. The molecule has 0 amide bonds. The van der Waals surface area contributed by atoms with Crippen LogP contribution in [0.4, 0.5) is 5.69 Å². The molecule has 0 spiro atoms. The van der Waals surface area contributed by atoms with Crippen molar-refractivity contribution >= 4 is 5.69 Å². The lowest BCUT2D eigenvalue weighted by Gasteiger charge is -2.36. The van der Waals surface area contributed by atoms with E-state index in [0.29, 0.717) is 0 Å². The molecule has 0 aliphatic carbocycles. The third kappa shape index (κ3) is 2.49. The van der Waals surface area contributed by atoms with Crippen molar-refractivity contribution in [3.8, 4) is 5.75 Å². The van der Waals surface area contributed by atoms with Crippen molar-refractivity contribution in [2.45, 2.75) is 6.54 Å². The Morgan fingerprint density at radius 1 is 1.30 bits per heavy atom. The highest BCUT2D eigenvalue weighted by molar-refractivity contribution is 5.61. The van der Waals surface area contributed by atoms with E-state index in [1.54, 1.807) is 14.2 Å². The summed E-state index contributed by atoms with van der Waals surface area (Å²) in [5.41, 5.74) is 2.55. The largest absolute Gasteiger partial charge is 0.496 e. The number of hydrogen-bond donors (Lipinski definition) is 1. The molecule has 20 heavy (non-hydrogen) atoms. The topological polar surface area (TPSA) is 37.0 Å². The van der Waals surface area contributed by atoms with E-state index in [2.05, 4.69) is 27.5 Å². The van der Waals surface area contributed by atoms with Crippen LogP contribution in [-0.4, -0.2) is 52.0 Å². The number of benzene rings is 1. The summed E-state index contributed by atoms with van der Waals surface area (Å²) < 4.78 is 10.8. The second-order valence-electron chi connectivity index (χ2n) is 5.45. The Labute approximate surface area is 120 Å². The van der Waals surface area contributed by atoms with Gasteiger partial charge in [0.25, 0.3) is 0 Å². The summed E-state index contributed by atoms with van der Waals surface area (Å²) >= 11 is 0. The summed E-state index contributed by atoms with van der Waals surface area (Å²) in [7, 11) is 3.50. The molecular weight excluding hydrogens is 254 g/mol. The van der Waals surface area contributed by atoms with E-state index < -0.39 is 0 Å². The molecule has 1 N–H and O–H groups in total. The van der Waals surface area contributed by atoms with E-state index in [-0.39, 0.29) is 0 Å². The van der Waals surface area contributed by atoms with Crippen LogP contribution in [0.2, 0.25) is 0 Å². The summed E-state index contributed by atoms with van der Waals surface area (Å²) in [6, 6.07) is 6.28. The van der Waals surface area contributed by atoms with Gasteiger partial charge in [0.05, 0.1) is 25.9 Å². The van der Waals surface area contributed by atoms with Crippen molar-refractivity contribution in [1.82, 2.24) is 10.3 Å². The van der Waals surface area contributed by atoms with E-state index in [4.69, 9.17) is 9.47 Å². The number of nitrogens with one attached hydrogen (secondary N) is 1. The van der Waals surface area contributed by atoms with E-state index in [9.17, 15) is 0 Å². The third-order valence-corrected chi connectivity index (χ3v) is 4.13. The molecule has 5 heteroatoms. The highest BCUT2D eigenvalue weighted by atomic mass is 16.5. The van der Waals surface area contributed by atoms with Crippen molar-refractivity contribution < 1.29 is 9.47 Å². The molecule has 0 atom stereocenters. The number of hydrazine groups is 1. The Bertz CT molecular complexity index is 462. The zero-order chi connectivity index (χ0) is 13.9. The van der Waals surface area contributed by atoms with Gasteiger partial charge in [0.15, 0.2) is 0 Å². The Hall–Kier alpha value is -1.30. The van der Waals surface area contributed by atoms with Crippen LogP contribution in [0.5, 0.6) is 5.75 Å². The summed E-state index contributed by atoms with van der Waals surface area (Å²) in [4.78, 5) is 0. The van der Waals surface area contributed by atoms with E-state index in [1.807, 2.05) is 6.07 Å². The molecule has 0 radical (unpaired) electrons. The Morgan fingerprint density at radius 2 is 2.15 bits per heavy atom. The standard InChI is InChI=1S/C15H23N3O2/c1-19-7-6-18-14-4-3-5-15(20-2)13(14)11-17(18)10-12-8-16-9-12/h3-5,12,16H,6-11H2,1-2H3. The fourth-order valence-electron chi connectivity index (χ4n) is 2.94. The van der Waals surface area contributed by atoms with E-state index in [0.717, 1.165) is 51.0 Å². The lowest BCUT2D eigenvalue weighted by atomic mass is 10.0. The molecule has 5 nitrogen and oxygen atoms in total. The normalized spacial score (nSPS) is 19.0. The Kier molecular flexibility index (Phi) is 4.10. The summed E-state index contributed by atoms with van der Waals surface area (Å²) in [5, 5.41) is 8.12. The number of hydrogen-bond acceptors (Lipinski definition) is 5. The molecule has 0 aromatic heterocycles. The van der Waals surface area contributed by atoms with Crippen LogP contribution in [0.1, 0.15) is 5.56 Å². The average molecular weight is 277 g/mol. The maximum Gasteiger partial charge on any atom is 0.125 e. The van der Waals surface area contributed by atoms with Gasteiger partial charge in [-0.2, -0.15) is 0 Å². The lowest BCUT2D eigenvalue weighted by Crippen LogP contribution is -2.51. The predicted octanol–water partition coefficient (Wildman–Crippen LogP) is 1.10. The average Bonchev–Trinajstić information content (AvgIpc) is 2.78. The van der Waals surface area contributed by atoms with Crippen molar-refractivity contribution in [1.29, 1.82) is 0 Å². The fourth-order valence-corrected chi connectivity index (χ4v) is 2.94. The minimum absolute atomic E-state index is 0.732. The zero-order valence-electron chi connectivity index (χ0n) is 12.3. The monoisotopic (exact) mass is 277 g/mol. The van der Waals surface area contributed by atoms with Crippen LogP contribution in [-0.2, 0) is 11.3 Å². The number of anilines is 1. The van der Waals surface area contributed by atoms with Crippen molar-refractivity contribution in [3.05, 3.63) is 23.8 Å². The second kappa shape index (κ2) is 5.99. The van der Waals surface area contributed by atoms with Crippen molar-refractivity contribution in [3.63, 3.8) is 0 Å². The molecule has 2 aliphatic rings. The van der Waals surface area contributed by atoms with Gasteiger partial charge in [0, 0.05) is 38.9 Å². The Morgan fingerprint density at radius 3 is 2.80 bits per heavy atom. The van der Waals surface area contributed by atoms with Crippen LogP contribution in [0, 0.1) is 5.92 Å². The molecular formula is C15H23N3O2. The number of ether oxygens (including phenoxy) is 2. The lowest BCUT2D eigenvalue weighted by molar-refractivity contribution is 0.153.